The van der Waals surface area contributed by atoms with Crippen LogP contribution >= 0.6 is 15.9 Å². The van der Waals surface area contributed by atoms with E-state index in [4.69, 9.17) is 4.74 Å². The second-order valence-corrected chi connectivity index (χ2v) is 5.81. The Morgan fingerprint density at radius 3 is 3.05 bits per heavy atom. The van der Waals surface area contributed by atoms with Gasteiger partial charge in [0.2, 0.25) is 11.8 Å². The molecule has 0 aliphatic heterocycles. The number of aromatic nitrogens is 2. The highest BCUT2D eigenvalue weighted by atomic mass is 79.9. The number of fused-ring (bicyclic) bond motifs is 1. The SMILES string of the molecule is CCCNC(=O)CCCOc1nn(C)c2ccc(Br)cc12. The summed E-state index contributed by atoms with van der Waals surface area (Å²) in [6.07, 6.45) is 2.12. The average Bonchev–Trinajstić information content (AvgIpc) is 2.77. The number of benzene rings is 1. The van der Waals surface area contributed by atoms with Crippen LogP contribution in [-0.2, 0) is 11.8 Å². The number of hydrogen-bond acceptors (Lipinski definition) is 3. The third-order valence-corrected chi connectivity index (χ3v) is 3.63. The van der Waals surface area contributed by atoms with E-state index >= 15 is 0 Å². The van der Waals surface area contributed by atoms with Crippen molar-refractivity contribution >= 4 is 32.7 Å². The molecule has 114 valence electrons. The molecule has 2 aromatic rings. The third kappa shape index (κ3) is 4.20. The molecule has 21 heavy (non-hydrogen) atoms. The van der Waals surface area contributed by atoms with Gasteiger partial charge in [0.05, 0.1) is 17.5 Å². The van der Waals surface area contributed by atoms with Crippen molar-refractivity contribution in [3.05, 3.63) is 22.7 Å². The summed E-state index contributed by atoms with van der Waals surface area (Å²) in [4.78, 5) is 11.5. The standard InChI is InChI=1S/C15H20BrN3O2/c1-3-8-17-14(20)5-4-9-21-15-12-10-11(16)6-7-13(12)19(2)18-15/h6-7,10H,3-5,8-9H2,1-2H3,(H,17,20). The highest BCUT2D eigenvalue weighted by Crippen LogP contribution is 2.27. The molecule has 1 aromatic carbocycles. The first kappa shape index (κ1) is 15.8. The van der Waals surface area contributed by atoms with Crippen molar-refractivity contribution in [1.82, 2.24) is 15.1 Å². The van der Waals surface area contributed by atoms with E-state index < -0.39 is 0 Å². The molecule has 6 heteroatoms. The molecule has 0 unspecified atom stereocenters. The lowest BCUT2D eigenvalue weighted by Crippen LogP contribution is -2.24. The molecule has 0 spiro atoms. The lowest BCUT2D eigenvalue weighted by Gasteiger charge is -2.04. The first-order chi connectivity index (χ1) is 10.1. The molecule has 0 aliphatic carbocycles. The Morgan fingerprint density at radius 2 is 2.29 bits per heavy atom. The number of hydrogen-bond donors (Lipinski definition) is 1. The van der Waals surface area contributed by atoms with Crippen molar-refractivity contribution in [3.63, 3.8) is 0 Å². The summed E-state index contributed by atoms with van der Waals surface area (Å²) in [5, 5.41) is 8.20. The van der Waals surface area contributed by atoms with Crippen LogP contribution in [0.5, 0.6) is 5.88 Å². The zero-order valence-electron chi connectivity index (χ0n) is 12.4. The van der Waals surface area contributed by atoms with Crippen molar-refractivity contribution in [2.45, 2.75) is 26.2 Å². The number of ether oxygens (including phenoxy) is 1. The van der Waals surface area contributed by atoms with E-state index in [1.807, 2.05) is 32.2 Å². The van der Waals surface area contributed by atoms with Crippen molar-refractivity contribution in [2.75, 3.05) is 13.2 Å². The zero-order valence-corrected chi connectivity index (χ0v) is 13.9. The predicted octanol–water partition coefficient (Wildman–Crippen LogP) is 3.02. The van der Waals surface area contributed by atoms with Crippen LogP contribution in [0.4, 0.5) is 0 Å². The van der Waals surface area contributed by atoms with Gasteiger partial charge in [-0.15, -0.1) is 5.10 Å². The first-order valence-corrected chi connectivity index (χ1v) is 7.93. The number of carbonyl (C=O) groups excluding carboxylic acids is 1. The summed E-state index contributed by atoms with van der Waals surface area (Å²) in [6, 6.07) is 5.97. The fraction of sp³-hybridized carbons (Fsp3) is 0.467. The van der Waals surface area contributed by atoms with Crippen LogP contribution in [0.3, 0.4) is 0 Å². The molecule has 0 saturated carbocycles. The van der Waals surface area contributed by atoms with Crippen molar-refractivity contribution in [3.8, 4) is 5.88 Å². The minimum absolute atomic E-state index is 0.0778. The lowest BCUT2D eigenvalue weighted by molar-refractivity contribution is -0.121. The third-order valence-electron chi connectivity index (χ3n) is 3.14. The first-order valence-electron chi connectivity index (χ1n) is 7.13. The van der Waals surface area contributed by atoms with E-state index in [0.717, 1.165) is 28.3 Å². The highest BCUT2D eigenvalue weighted by molar-refractivity contribution is 9.10. The van der Waals surface area contributed by atoms with Gasteiger partial charge in [0.1, 0.15) is 0 Å². The topological polar surface area (TPSA) is 56.1 Å². The van der Waals surface area contributed by atoms with E-state index in [0.29, 0.717) is 25.3 Å². The Labute approximate surface area is 132 Å². The fourth-order valence-corrected chi connectivity index (χ4v) is 2.43. The molecule has 0 saturated heterocycles. The molecule has 1 N–H and O–H groups in total. The maximum absolute atomic E-state index is 11.5. The van der Waals surface area contributed by atoms with E-state index in [2.05, 4.69) is 26.3 Å². The van der Waals surface area contributed by atoms with Gasteiger partial charge in [-0.25, -0.2) is 0 Å². The fourth-order valence-electron chi connectivity index (χ4n) is 2.07. The van der Waals surface area contributed by atoms with Crippen molar-refractivity contribution in [2.24, 2.45) is 7.05 Å². The monoisotopic (exact) mass is 353 g/mol. The summed E-state index contributed by atoms with van der Waals surface area (Å²) >= 11 is 3.46. The Balaban J connectivity index is 1.89. The van der Waals surface area contributed by atoms with Gasteiger partial charge in [-0.3, -0.25) is 9.48 Å². The number of amides is 1. The second kappa shape index (κ2) is 7.45. The number of rotatable bonds is 7. The normalized spacial score (nSPS) is 10.8. The van der Waals surface area contributed by atoms with Crippen LogP contribution in [0.1, 0.15) is 26.2 Å². The average molecular weight is 354 g/mol. The summed E-state index contributed by atoms with van der Waals surface area (Å²) in [5.74, 6) is 0.692. The summed E-state index contributed by atoms with van der Waals surface area (Å²) in [6.45, 7) is 3.25. The van der Waals surface area contributed by atoms with E-state index in [1.165, 1.54) is 0 Å². The maximum Gasteiger partial charge on any atom is 0.240 e. The molecule has 0 atom stereocenters. The van der Waals surface area contributed by atoms with Crippen LogP contribution in [-0.4, -0.2) is 28.8 Å². The molecule has 2 rings (SSSR count). The van der Waals surface area contributed by atoms with Crippen LogP contribution in [0, 0.1) is 0 Å². The molecular weight excluding hydrogens is 334 g/mol. The number of halogens is 1. The maximum atomic E-state index is 11.5. The van der Waals surface area contributed by atoms with Crippen molar-refractivity contribution in [1.29, 1.82) is 0 Å². The quantitative estimate of drug-likeness (QED) is 0.778. The minimum Gasteiger partial charge on any atom is -0.476 e. The Kier molecular flexibility index (Phi) is 5.61. The molecule has 0 fully saturated rings. The zero-order chi connectivity index (χ0) is 15.2. The van der Waals surface area contributed by atoms with Gasteiger partial charge >= 0.3 is 0 Å². The molecule has 0 radical (unpaired) electrons. The number of nitrogens with one attached hydrogen (secondary N) is 1. The molecule has 5 nitrogen and oxygen atoms in total. The van der Waals surface area contributed by atoms with E-state index in [9.17, 15) is 4.79 Å². The van der Waals surface area contributed by atoms with Gasteiger partial charge in [-0.2, -0.15) is 0 Å². The van der Waals surface area contributed by atoms with Gasteiger partial charge in [-0.1, -0.05) is 22.9 Å². The van der Waals surface area contributed by atoms with Gasteiger partial charge in [0.25, 0.3) is 0 Å². The van der Waals surface area contributed by atoms with E-state index in [1.54, 1.807) is 4.68 Å². The molecule has 1 aromatic heterocycles. The molecule has 0 bridgehead atoms. The smallest absolute Gasteiger partial charge is 0.240 e. The summed E-state index contributed by atoms with van der Waals surface area (Å²) in [5.41, 5.74) is 1.02. The predicted molar refractivity (Wildman–Crippen MR) is 86.4 cm³/mol. The van der Waals surface area contributed by atoms with Crippen molar-refractivity contribution < 1.29 is 9.53 Å². The van der Waals surface area contributed by atoms with Crippen LogP contribution < -0.4 is 10.1 Å². The van der Waals surface area contributed by atoms with Gasteiger partial charge in [0.15, 0.2) is 0 Å². The summed E-state index contributed by atoms with van der Waals surface area (Å²) in [7, 11) is 1.89. The lowest BCUT2D eigenvalue weighted by atomic mass is 10.2. The van der Waals surface area contributed by atoms with Crippen LogP contribution in [0.25, 0.3) is 10.9 Å². The largest absolute Gasteiger partial charge is 0.476 e. The minimum atomic E-state index is 0.0778. The van der Waals surface area contributed by atoms with Crippen LogP contribution in [0.15, 0.2) is 22.7 Å². The highest BCUT2D eigenvalue weighted by Gasteiger charge is 2.10. The number of carbonyl (C=O) groups is 1. The summed E-state index contributed by atoms with van der Waals surface area (Å²) < 4.78 is 8.51. The number of aryl methyl sites for hydroxylation is 1. The number of nitrogens with zero attached hydrogens (tertiary/aromatic N) is 2. The van der Waals surface area contributed by atoms with Gasteiger partial charge in [0, 0.05) is 24.5 Å². The molecular formula is C15H20BrN3O2. The Bertz CT molecular complexity index is 625. The van der Waals surface area contributed by atoms with Gasteiger partial charge < -0.3 is 10.1 Å². The Hall–Kier alpha value is -1.56. The second-order valence-electron chi connectivity index (χ2n) is 4.89. The van der Waals surface area contributed by atoms with Gasteiger partial charge in [-0.05, 0) is 31.0 Å². The molecule has 0 aliphatic rings. The molecule has 1 amide bonds. The Morgan fingerprint density at radius 1 is 1.48 bits per heavy atom. The molecule has 1 heterocycles. The van der Waals surface area contributed by atoms with E-state index in [-0.39, 0.29) is 5.91 Å². The van der Waals surface area contributed by atoms with Crippen LogP contribution in [0.2, 0.25) is 0 Å².